The maximum atomic E-state index is 3.43. The van der Waals surface area contributed by atoms with Gasteiger partial charge in [-0.2, -0.15) is 0 Å². The Bertz CT molecular complexity index is 224. The summed E-state index contributed by atoms with van der Waals surface area (Å²) in [5, 5.41) is 3.43. The first-order valence-corrected chi connectivity index (χ1v) is 7.32. The lowest BCUT2D eigenvalue weighted by Crippen LogP contribution is -2.47. The van der Waals surface area contributed by atoms with Crippen LogP contribution in [0.4, 0.5) is 0 Å². The lowest BCUT2D eigenvalue weighted by Gasteiger charge is -2.39. The zero-order valence-corrected chi connectivity index (χ0v) is 11.8. The minimum atomic E-state index is 0.735. The molecule has 1 saturated heterocycles. The number of rotatable bonds is 2. The van der Waals surface area contributed by atoms with Gasteiger partial charge >= 0.3 is 0 Å². The SMILES string of the molecule is CNC1CCC(N2CCCN(C)CC2C)CC1. The molecule has 0 amide bonds. The third kappa shape index (κ3) is 3.43. The second-order valence-corrected chi connectivity index (χ2v) is 6.00. The predicted molar refractivity (Wildman–Crippen MR) is 73.4 cm³/mol. The molecule has 1 N–H and O–H groups in total. The maximum Gasteiger partial charge on any atom is 0.0197 e. The summed E-state index contributed by atoms with van der Waals surface area (Å²) in [6.45, 7) is 6.23. The fourth-order valence-electron chi connectivity index (χ4n) is 3.63. The molecule has 0 bridgehead atoms. The van der Waals surface area contributed by atoms with Crippen LogP contribution in [-0.2, 0) is 0 Å². The Kier molecular flexibility index (Phi) is 4.83. The number of nitrogens with zero attached hydrogens (tertiary/aromatic N) is 2. The van der Waals surface area contributed by atoms with Crippen LogP contribution in [0.3, 0.4) is 0 Å². The molecule has 1 aliphatic heterocycles. The minimum Gasteiger partial charge on any atom is -0.317 e. The molecule has 0 aromatic rings. The molecule has 100 valence electrons. The van der Waals surface area contributed by atoms with E-state index in [0.717, 1.165) is 18.1 Å². The monoisotopic (exact) mass is 239 g/mol. The summed E-state index contributed by atoms with van der Waals surface area (Å²) >= 11 is 0. The van der Waals surface area contributed by atoms with Crippen molar-refractivity contribution in [1.29, 1.82) is 0 Å². The lowest BCUT2D eigenvalue weighted by molar-refractivity contribution is 0.106. The van der Waals surface area contributed by atoms with E-state index in [-0.39, 0.29) is 0 Å². The van der Waals surface area contributed by atoms with Gasteiger partial charge in [-0.1, -0.05) is 0 Å². The zero-order valence-electron chi connectivity index (χ0n) is 11.8. The van der Waals surface area contributed by atoms with Gasteiger partial charge in [-0.05, 0) is 66.2 Å². The van der Waals surface area contributed by atoms with Gasteiger partial charge in [-0.15, -0.1) is 0 Å². The van der Waals surface area contributed by atoms with Gasteiger partial charge in [0.25, 0.3) is 0 Å². The summed E-state index contributed by atoms with van der Waals surface area (Å²) in [5.41, 5.74) is 0. The second kappa shape index (κ2) is 6.17. The van der Waals surface area contributed by atoms with Gasteiger partial charge in [0, 0.05) is 24.7 Å². The molecule has 0 radical (unpaired) electrons. The number of hydrogen-bond donors (Lipinski definition) is 1. The van der Waals surface area contributed by atoms with E-state index in [0.29, 0.717) is 0 Å². The first-order chi connectivity index (χ1) is 8.20. The summed E-state index contributed by atoms with van der Waals surface area (Å²) in [5.74, 6) is 0. The van der Waals surface area contributed by atoms with Crippen molar-refractivity contribution in [1.82, 2.24) is 15.1 Å². The highest BCUT2D eigenvalue weighted by molar-refractivity contribution is 4.86. The van der Waals surface area contributed by atoms with Crippen LogP contribution in [0.1, 0.15) is 39.0 Å². The van der Waals surface area contributed by atoms with Crippen LogP contribution in [0.25, 0.3) is 0 Å². The summed E-state index contributed by atoms with van der Waals surface area (Å²) in [6, 6.07) is 2.36. The van der Waals surface area contributed by atoms with Crippen molar-refractivity contribution in [3.63, 3.8) is 0 Å². The molecule has 1 unspecified atom stereocenters. The molecule has 0 aromatic heterocycles. The van der Waals surface area contributed by atoms with E-state index in [2.05, 4.69) is 36.1 Å². The first kappa shape index (κ1) is 13.3. The minimum absolute atomic E-state index is 0.735. The van der Waals surface area contributed by atoms with E-state index in [1.54, 1.807) is 0 Å². The van der Waals surface area contributed by atoms with E-state index in [4.69, 9.17) is 0 Å². The molecule has 0 spiro atoms. The van der Waals surface area contributed by atoms with Gasteiger partial charge in [-0.3, -0.25) is 4.90 Å². The zero-order chi connectivity index (χ0) is 12.3. The largest absolute Gasteiger partial charge is 0.317 e. The molecule has 1 atom stereocenters. The smallest absolute Gasteiger partial charge is 0.0197 e. The molecule has 1 saturated carbocycles. The molecule has 2 rings (SSSR count). The normalized spacial score (nSPS) is 37.9. The average Bonchev–Trinajstić information content (AvgIpc) is 2.50. The van der Waals surface area contributed by atoms with E-state index < -0.39 is 0 Å². The highest BCUT2D eigenvalue weighted by atomic mass is 15.2. The van der Waals surface area contributed by atoms with Crippen molar-refractivity contribution in [2.45, 2.75) is 57.2 Å². The van der Waals surface area contributed by atoms with Crippen LogP contribution in [0.15, 0.2) is 0 Å². The van der Waals surface area contributed by atoms with Crippen molar-refractivity contribution >= 4 is 0 Å². The lowest BCUT2D eigenvalue weighted by atomic mass is 9.89. The molecule has 17 heavy (non-hydrogen) atoms. The van der Waals surface area contributed by atoms with Gasteiger partial charge in [0.2, 0.25) is 0 Å². The summed E-state index contributed by atoms with van der Waals surface area (Å²) in [6.07, 6.45) is 6.84. The standard InChI is InChI=1S/C14H29N3/c1-12-11-16(3)9-4-10-17(12)14-7-5-13(15-2)6-8-14/h12-15H,4-11H2,1-3H3. The molecular weight excluding hydrogens is 210 g/mol. The van der Waals surface area contributed by atoms with Gasteiger partial charge in [0.15, 0.2) is 0 Å². The fraction of sp³-hybridized carbons (Fsp3) is 1.00. The molecule has 0 aromatic carbocycles. The Morgan fingerprint density at radius 2 is 1.76 bits per heavy atom. The van der Waals surface area contributed by atoms with Crippen LogP contribution in [-0.4, -0.2) is 61.7 Å². The molecular formula is C14H29N3. The van der Waals surface area contributed by atoms with Crippen LogP contribution < -0.4 is 5.32 Å². The topological polar surface area (TPSA) is 18.5 Å². The number of nitrogens with one attached hydrogen (secondary N) is 1. The van der Waals surface area contributed by atoms with Crippen molar-refractivity contribution in [2.75, 3.05) is 33.7 Å². The van der Waals surface area contributed by atoms with Gasteiger partial charge in [-0.25, -0.2) is 0 Å². The molecule has 1 aliphatic carbocycles. The quantitative estimate of drug-likeness (QED) is 0.788. The molecule has 2 aliphatic rings. The highest BCUT2D eigenvalue weighted by Gasteiger charge is 2.29. The average molecular weight is 239 g/mol. The Morgan fingerprint density at radius 3 is 2.41 bits per heavy atom. The number of likely N-dealkylation sites (N-methyl/N-ethyl adjacent to an activating group) is 1. The molecule has 2 fully saturated rings. The van der Waals surface area contributed by atoms with Gasteiger partial charge in [0.1, 0.15) is 0 Å². The van der Waals surface area contributed by atoms with Crippen molar-refractivity contribution in [3.05, 3.63) is 0 Å². The van der Waals surface area contributed by atoms with Gasteiger partial charge in [0.05, 0.1) is 0 Å². The summed E-state index contributed by atoms with van der Waals surface area (Å²) in [4.78, 5) is 5.28. The third-order valence-electron chi connectivity index (χ3n) is 4.67. The Labute approximate surface area is 107 Å². The second-order valence-electron chi connectivity index (χ2n) is 6.00. The van der Waals surface area contributed by atoms with E-state index in [1.807, 2.05) is 0 Å². The molecule has 1 heterocycles. The number of hydrogen-bond acceptors (Lipinski definition) is 3. The van der Waals surface area contributed by atoms with Crippen molar-refractivity contribution in [2.24, 2.45) is 0 Å². The molecule has 3 nitrogen and oxygen atoms in total. The first-order valence-electron chi connectivity index (χ1n) is 7.32. The highest BCUT2D eigenvalue weighted by Crippen LogP contribution is 2.25. The molecule has 3 heteroatoms. The fourth-order valence-corrected chi connectivity index (χ4v) is 3.63. The van der Waals surface area contributed by atoms with Gasteiger partial charge < -0.3 is 10.2 Å². The third-order valence-corrected chi connectivity index (χ3v) is 4.67. The van der Waals surface area contributed by atoms with Crippen LogP contribution in [0, 0.1) is 0 Å². The van der Waals surface area contributed by atoms with E-state index in [9.17, 15) is 0 Å². The van der Waals surface area contributed by atoms with Crippen LogP contribution >= 0.6 is 0 Å². The van der Waals surface area contributed by atoms with Crippen molar-refractivity contribution in [3.8, 4) is 0 Å². The van der Waals surface area contributed by atoms with Crippen LogP contribution in [0.5, 0.6) is 0 Å². The maximum absolute atomic E-state index is 3.43. The Morgan fingerprint density at radius 1 is 1.06 bits per heavy atom. The summed E-state index contributed by atoms with van der Waals surface area (Å²) in [7, 11) is 4.37. The van der Waals surface area contributed by atoms with E-state index in [1.165, 1.54) is 51.7 Å². The van der Waals surface area contributed by atoms with E-state index >= 15 is 0 Å². The predicted octanol–water partition coefficient (Wildman–Crippen LogP) is 1.54. The summed E-state index contributed by atoms with van der Waals surface area (Å²) < 4.78 is 0. The Balaban J connectivity index is 1.88. The Hall–Kier alpha value is -0.120. The van der Waals surface area contributed by atoms with Crippen molar-refractivity contribution < 1.29 is 0 Å². The van der Waals surface area contributed by atoms with Crippen LogP contribution in [0.2, 0.25) is 0 Å².